The largest absolute Gasteiger partial charge is 0.497 e. The maximum absolute atomic E-state index is 13.0. The Hall–Kier alpha value is -2.74. The molecule has 2 aromatic rings. The van der Waals surface area contributed by atoms with Crippen LogP contribution in [0.2, 0.25) is 0 Å². The molecular weight excluding hydrogens is 404 g/mol. The molecule has 8 heteroatoms. The molecule has 1 aliphatic heterocycles. The standard InChI is InChI=1S/C22H28N2O5S/c1-15(2)11-12-24-19-8-6-17(13-16(19)5-10-22(24)25)23-30(26,27)21-14-18(28-3)7-9-20(21)29-4/h6-9,13-15,23H,5,10-12H2,1-4H3. The Bertz CT molecular complexity index is 1030. The SMILES string of the molecule is COc1ccc(OC)c(S(=O)(=O)Nc2ccc3c(c2)CCC(=O)N3CCC(C)C)c1. The third kappa shape index (κ3) is 4.70. The highest BCUT2D eigenvalue weighted by Gasteiger charge is 2.26. The molecule has 1 aliphatic rings. The first-order chi connectivity index (χ1) is 14.2. The van der Waals surface area contributed by atoms with E-state index in [2.05, 4.69) is 18.6 Å². The van der Waals surface area contributed by atoms with Gasteiger partial charge in [0, 0.05) is 30.4 Å². The molecule has 0 spiro atoms. The topological polar surface area (TPSA) is 84.9 Å². The van der Waals surface area contributed by atoms with Crippen LogP contribution in [0.5, 0.6) is 11.5 Å². The number of hydrogen-bond donors (Lipinski definition) is 1. The molecule has 0 aromatic heterocycles. The Labute approximate surface area is 178 Å². The molecule has 2 aromatic carbocycles. The van der Waals surface area contributed by atoms with Gasteiger partial charge in [-0.2, -0.15) is 0 Å². The van der Waals surface area contributed by atoms with Gasteiger partial charge in [-0.25, -0.2) is 8.42 Å². The summed E-state index contributed by atoms with van der Waals surface area (Å²) in [6.45, 7) is 4.91. The van der Waals surface area contributed by atoms with E-state index < -0.39 is 10.0 Å². The second kappa shape index (κ2) is 8.95. The number of sulfonamides is 1. The molecule has 7 nitrogen and oxygen atoms in total. The molecule has 0 bridgehead atoms. The lowest BCUT2D eigenvalue weighted by Gasteiger charge is -2.30. The molecule has 0 saturated carbocycles. The van der Waals surface area contributed by atoms with Crippen molar-refractivity contribution in [2.75, 3.05) is 30.4 Å². The predicted octanol–water partition coefficient (Wildman–Crippen LogP) is 3.83. The summed E-state index contributed by atoms with van der Waals surface area (Å²) in [5, 5.41) is 0. The van der Waals surface area contributed by atoms with E-state index in [0.717, 1.165) is 17.7 Å². The summed E-state index contributed by atoms with van der Waals surface area (Å²) in [7, 11) is -1.00. The number of carbonyl (C=O) groups is 1. The van der Waals surface area contributed by atoms with Crippen molar-refractivity contribution < 1.29 is 22.7 Å². The van der Waals surface area contributed by atoms with Crippen LogP contribution in [0, 0.1) is 5.92 Å². The molecule has 0 atom stereocenters. The Kier molecular flexibility index (Phi) is 6.55. The van der Waals surface area contributed by atoms with Gasteiger partial charge in [0.2, 0.25) is 5.91 Å². The zero-order chi connectivity index (χ0) is 21.9. The van der Waals surface area contributed by atoms with E-state index in [1.807, 2.05) is 11.0 Å². The zero-order valence-corrected chi connectivity index (χ0v) is 18.6. The lowest BCUT2D eigenvalue weighted by Crippen LogP contribution is -2.36. The third-order valence-electron chi connectivity index (χ3n) is 5.12. The molecule has 1 heterocycles. The molecule has 0 fully saturated rings. The molecule has 0 unspecified atom stereocenters. The van der Waals surface area contributed by atoms with Crippen molar-refractivity contribution in [3.63, 3.8) is 0 Å². The van der Waals surface area contributed by atoms with Crippen molar-refractivity contribution in [1.82, 2.24) is 0 Å². The highest BCUT2D eigenvalue weighted by atomic mass is 32.2. The first-order valence-corrected chi connectivity index (χ1v) is 11.4. The molecule has 0 radical (unpaired) electrons. The van der Waals surface area contributed by atoms with Gasteiger partial charge >= 0.3 is 0 Å². The number of aryl methyl sites for hydroxylation is 1. The van der Waals surface area contributed by atoms with Gasteiger partial charge in [0.15, 0.2) is 0 Å². The van der Waals surface area contributed by atoms with Gasteiger partial charge in [0.1, 0.15) is 16.4 Å². The number of nitrogens with zero attached hydrogens (tertiary/aromatic N) is 1. The van der Waals surface area contributed by atoms with Crippen LogP contribution in [0.4, 0.5) is 11.4 Å². The summed E-state index contributed by atoms with van der Waals surface area (Å²) in [5.41, 5.74) is 2.25. The van der Waals surface area contributed by atoms with Gasteiger partial charge < -0.3 is 14.4 Å². The predicted molar refractivity (Wildman–Crippen MR) is 117 cm³/mol. The maximum Gasteiger partial charge on any atom is 0.265 e. The average molecular weight is 433 g/mol. The first-order valence-electron chi connectivity index (χ1n) is 9.93. The fourth-order valence-electron chi connectivity index (χ4n) is 3.46. The summed E-state index contributed by atoms with van der Waals surface area (Å²) in [6.07, 6.45) is 1.92. The van der Waals surface area contributed by atoms with Crippen molar-refractivity contribution in [3.05, 3.63) is 42.0 Å². The van der Waals surface area contributed by atoms with E-state index in [0.29, 0.717) is 36.7 Å². The van der Waals surface area contributed by atoms with Gasteiger partial charge in [-0.1, -0.05) is 13.8 Å². The molecule has 0 saturated heterocycles. The molecule has 1 N–H and O–H groups in total. The third-order valence-corrected chi connectivity index (χ3v) is 6.52. The monoisotopic (exact) mass is 432 g/mol. The van der Waals surface area contributed by atoms with E-state index in [4.69, 9.17) is 9.47 Å². The van der Waals surface area contributed by atoms with Gasteiger partial charge in [-0.15, -0.1) is 0 Å². The van der Waals surface area contributed by atoms with Crippen molar-refractivity contribution in [2.24, 2.45) is 5.92 Å². The van der Waals surface area contributed by atoms with Crippen LogP contribution >= 0.6 is 0 Å². The number of amides is 1. The minimum Gasteiger partial charge on any atom is -0.497 e. The minimum absolute atomic E-state index is 0.00388. The quantitative estimate of drug-likeness (QED) is 0.685. The Morgan fingerprint density at radius 3 is 2.50 bits per heavy atom. The summed E-state index contributed by atoms with van der Waals surface area (Å²) in [4.78, 5) is 14.2. The van der Waals surface area contributed by atoms with E-state index in [1.165, 1.54) is 20.3 Å². The second-order valence-electron chi connectivity index (χ2n) is 7.69. The number of rotatable bonds is 8. The molecule has 0 aliphatic carbocycles. The fraction of sp³-hybridized carbons (Fsp3) is 0.409. The number of fused-ring (bicyclic) bond motifs is 1. The van der Waals surface area contributed by atoms with E-state index in [9.17, 15) is 13.2 Å². The zero-order valence-electron chi connectivity index (χ0n) is 17.8. The highest BCUT2D eigenvalue weighted by molar-refractivity contribution is 7.92. The van der Waals surface area contributed by atoms with Crippen molar-refractivity contribution >= 4 is 27.3 Å². The van der Waals surface area contributed by atoms with Crippen LogP contribution in [-0.4, -0.2) is 35.1 Å². The summed E-state index contributed by atoms with van der Waals surface area (Å²) in [6, 6.07) is 9.91. The van der Waals surface area contributed by atoms with Gasteiger partial charge in [-0.05, 0) is 54.7 Å². The number of hydrogen-bond acceptors (Lipinski definition) is 5. The fourth-order valence-corrected chi connectivity index (χ4v) is 4.69. The number of ether oxygens (including phenoxy) is 2. The average Bonchev–Trinajstić information content (AvgIpc) is 2.72. The van der Waals surface area contributed by atoms with E-state index in [-0.39, 0.29) is 16.6 Å². The number of benzene rings is 2. The van der Waals surface area contributed by atoms with Crippen LogP contribution in [-0.2, 0) is 21.2 Å². The summed E-state index contributed by atoms with van der Waals surface area (Å²) in [5.74, 6) is 1.25. The second-order valence-corrected chi connectivity index (χ2v) is 9.34. The van der Waals surface area contributed by atoms with Gasteiger partial charge in [0.25, 0.3) is 10.0 Å². The number of nitrogens with one attached hydrogen (secondary N) is 1. The molecule has 162 valence electrons. The number of carbonyl (C=O) groups excluding carboxylic acids is 1. The lowest BCUT2D eigenvalue weighted by atomic mass is 9.99. The van der Waals surface area contributed by atoms with Crippen molar-refractivity contribution in [2.45, 2.75) is 38.0 Å². The van der Waals surface area contributed by atoms with Crippen LogP contribution in [0.3, 0.4) is 0 Å². The van der Waals surface area contributed by atoms with Gasteiger partial charge in [-0.3, -0.25) is 9.52 Å². The highest BCUT2D eigenvalue weighted by Crippen LogP contribution is 2.33. The van der Waals surface area contributed by atoms with Crippen molar-refractivity contribution in [1.29, 1.82) is 0 Å². The van der Waals surface area contributed by atoms with Crippen LogP contribution in [0.25, 0.3) is 0 Å². The summed E-state index contributed by atoms with van der Waals surface area (Å²) < 4.78 is 39.0. The number of anilines is 2. The van der Waals surface area contributed by atoms with Crippen LogP contribution < -0.4 is 19.1 Å². The maximum atomic E-state index is 13.0. The first kappa shape index (κ1) is 22.0. The normalized spacial score (nSPS) is 13.9. The van der Waals surface area contributed by atoms with Gasteiger partial charge in [0.05, 0.1) is 14.2 Å². The lowest BCUT2D eigenvalue weighted by molar-refractivity contribution is -0.118. The van der Waals surface area contributed by atoms with Crippen LogP contribution in [0.1, 0.15) is 32.3 Å². The van der Waals surface area contributed by atoms with Crippen molar-refractivity contribution in [3.8, 4) is 11.5 Å². The van der Waals surface area contributed by atoms with E-state index in [1.54, 1.807) is 24.3 Å². The molecular formula is C22H28N2O5S. The van der Waals surface area contributed by atoms with Crippen LogP contribution in [0.15, 0.2) is 41.3 Å². The Balaban J connectivity index is 1.89. The molecule has 3 rings (SSSR count). The number of methoxy groups -OCH3 is 2. The Morgan fingerprint density at radius 1 is 1.07 bits per heavy atom. The minimum atomic E-state index is -3.90. The smallest absolute Gasteiger partial charge is 0.265 e. The molecule has 1 amide bonds. The summed E-state index contributed by atoms with van der Waals surface area (Å²) >= 11 is 0. The van der Waals surface area contributed by atoms with E-state index >= 15 is 0 Å². The Morgan fingerprint density at radius 2 is 1.83 bits per heavy atom. The molecule has 30 heavy (non-hydrogen) atoms.